The van der Waals surface area contributed by atoms with Crippen molar-refractivity contribution in [2.75, 3.05) is 6.54 Å². The van der Waals surface area contributed by atoms with E-state index in [9.17, 15) is 14.7 Å². The van der Waals surface area contributed by atoms with Gasteiger partial charge in [-0.25, -0.2) is 0 Å². The van der Waals surface area contributed by atoms with Gasteiger partial charge < -0.3 is 15.2 Å². The Balaban J connectivity index is 1.26. The van der Waals surface area contributed by atoms with Crippen LogP contribution in [0.25, 0.3) is 0 Å². The molecule has 6 heteroatoms. The number of nitrogens with one attached hydrogen (secondary N) is 1. The van der Waals surface area contributed by atoms with Gasteiger partial charge in [-0.1, -0.05) is 43.6 Å². The van der Waals surface area contributed by atoms with E-state index in [1.807, 2.05) is 12.1 Å². The topological polar surface area (TPSA) is 75.6 Å². The van der Waals surface area contributed by atoms with Gasteiger partial charge in [-0.05, 0) is 97.6 Å². The Bertz CT molecular complexity index is 1110. The molecule has 0 saturated heterocycles. The molecule has 2 aromatic rings. The standard InChI is InChI=1S/C29H34ClNO4/c1-18(2)26(33)35-25-12-19(3-8-24(25)32)9-10-31-27(34)29-15-20-11-21(16-29)14-28(13-20,17-29)22-4-6-23(30)7-5-22/h3-8,12,18,20-21,32H,9-11,13-17H2,1-2H3,(H,31,34). The summed E-state index contributed by atoms with van der Waals surface area (Å²) in [6, 6.07) is 13.3. The first kappa shape index (κ1) is 24.2. The molecule has 4 saturated carbocycles. The number of carbonyl (C=O) groups excluding carboxylic acids is 2. The summed E-state index contributed by atoms with van der Waals surface area (Å²) >= 11 is 6.16. The smallest absolute Gasteiger partial charge is 0.313 e. The molecule has 2 unspecified atom stereocenters. The highest BCUT2D eigenvalue weighted by Gasteiger charge is 2.60. The molecule has 4 aliphatic rings. The Morgan fingerprint density at radius 3 is 2.43 bits per heavy atom. The number of phenolic OH excluding ortho intramolecular Hbond substituents is 1. The van der Waals surface area contributed by atoms with E-state index >= 15 is 0 Å². The third kappa shape index (κ3) is 4.67. The molecule has 0 heterocycles. The minimum absolute atomic E-state index is 0.0622. The molecule has 0 spiro atoms. The van der Waals surface area contributed by atoms with Crippen LogP contribution in [-0.2, 0) is 21.4 Å². The summed E-state index contributed by atoms with van der Waals surface area (Å²) in [7, 11) is 0. The van der Waals surface area contributed by atoms with Crippen LogP contribution in [0.1, 0.15) is 63.5 Å². The molecule has 1 amide bonds. The lowest BCUT2D eigenvalue weighted by Gasteiger charge is -2.61. The molecule has 0 aromatic heterocycles. The van der Waals surface area contributed by atoms with Crippen LogP contribution >= 0.6 is 11.6 Å². The lowest BCUT2D eigenvalue weighted by molar-refractivity contribution is -0.149. The number of aromatic hydroxyl groups is 1. The van der Waals surface area contributed by atoms with Crippen molar-refractivity contribution < 1.29 is 19.4 Å². The summed E-state index contributed by atoms with van der Waals surface area (Å²) in [6.45, 7) is 4.01. The van der Waals surface area contributed by atoms with Crippen LogP contribution in [0.15, 0.2) is 42.5 Å². The molecule has 4 fully saturated rings. The Kier molecular flexibility index (Phi) is 6.33. The van der Waals surface area contributed by atoms with Crippen molar-refractivity contribution >= 4 is 23.5 Å². The fourth-order valence-electron chi connectivity index (χ4n) is 7.20. The van der Waals surface area contributed by atoms with Crippen LogP contribution in [0, 0.1) is 23.2 Å². The van der Waals surface area contributed by atoms with Crippen LogP contribution in [0.3, 0.4) is 0 Å². The van der Waals surface area contributed by atoms with Gasteiger partial charge in [0.05, 0.1) is 11.3 Å². The maximum atomic E-state index is 13.6. The van der Waals surface area contributed by atoms with Crippen molar-refractivity contribution in [3.63, 3.8) is 0 Å². The number of phenols is 1. The Morgan fingerprint density at radius 1 is 1.09 bits per heavy atom. The van der Waals surface area contributed by atoms with Gasteiger partial charge in [0.25, 0.3) is 0 Å². The summed E-state index contributed by atoms with van der Waals surface area (Å²) < 4.78 is 5.32. The number of benzene rings is 2. The molecule has 5 nitrogen and oxygen atoms in total. The fraction of sp³-hybridized carbons (Fsp3) is 0.517. The summed E-state index contributed by atoms with van der Waals surface area (Å²) in [5.41, 5.74) is 2.02. The highest BCUT2D eigenvalue weighted by Crippen LogP contribution is 2.65. The second kappa shape index (κ2) is 9.16. The Morgan fingerprint density at radius 2 is 1.77 bits per heavy atom. The maximum Gasteiger partial charge on any atom is 0.313 e. The Hall–Kier alpha value is -2.53. The highest BCUT2D eigenvalue weighted by atomic mass is 35.5. The molecule has 186 valence electrons. The van der Waals surface area contributed by atoms with Crippen LogP contribution < -0.4 is 10.1 Å². The number of amides is 1. The lowest BCUT2D eigenvalue weighted by atomic mass is 9.42. The van der Waals surface area contributed by atoms with Crippen molar-refractivity contribution in [3.8, 4) is 11.5 Å². The fourth-order valence-corrected chi connectivity index (χ4v) is 7.33. The molecule has 4 aliphatic carbocycles. The first-order chi connectivity index (χ1) is 16.7. The highest BCUT2D eigenvalue weighted by molar-refractivity contribution is 6.30. The van der Waals surface area contributed by atoms with E-state index in [1.165, 1.54) is 30.9 Å². The second-order valence-corrected chi connectivity index (χ2v) is 11.8. The average molecular weight is 496 g/mol. The number of esters is 1. The first-order valence-electron chi connectivity index (χ1n) is 12.8. The Labute approximate surface area is 212 Å². The molecule has 2 atom stereocenters. The van der Waals surface area contributed by atoms with Crippen LogP contribution in [0.4, 0.5) is 0 Å². The summed E-state index contributed by atoms with van der Waals surface area (Å²) in [4.78, 5) is 25.5. The van der Waals surface area contributed by atoms with E-state index in [0.717, 1.165) is 29.8 Å². The molecule has 35 heavy (non-hydrogen) atoms. The number of hydrogen-bond donors (Lipinski definition) is 2. The SMILES string of the molecule is CC(C)C(=O)Oc1cc(CCNC(=O)C23CC4CC(C2)CC(c2ccc(Cl)cc2)(C4)C3)ccc1O. The molecule has 2 aromatic carbocycles. The number of rotatable bonds is 7. The predicted octanol–water partition coefficient (Wildman–Crippen LogP) is 5.80. The minimum Gasteiger partial charge on any atom is -0.504 e. The van der Waals surface area contributed by atoms with Crippen LogP contribution in [0.5, 0.6) is 11.5 Å². The number of halogens is 1. The van der Waals surface area contributed by atoms with E-state index in [-0.39, 0.29) is 40.1 Å². The van der Waals surface area contributed by atoms with Crippen molar-refractivity contribution in [1.29, 1.82) is 0 Å². The third-order valence-electron chi connectivity index (χ3n) is 8.40. The maximum absolute atomic E-state index is 13.6. The number of carbonyl (C=O) groups is 2. The van der Waals surface area contributed by atoms with E-state index in [1.54, 1.807) is 26.0 Å². The molecule has 6 rings (SSSR count). The molecule has 0 aliphatic heterocycles. The van der Waals surface area contributed by atoms with Gasteiger partial charge in [-0.2, -0.15) is 0 Å². The predicted molar refractivity (Wildman–Crippen MR) is 136 cm³/mol. The van der Waals surface area contributed by atoms with E-state index < -0.39 is 0 Å². The van der Waals surface area contributed by atoms with Crippen molar-refractivity contribution in [2.24, 2.45) is 23.2 Å². The molecule has 4 bridgehead atoms. The summed E-state index contributed by atoms with van der Waals surface area (Å²) in [5, 5.41) is 14.0. The zero-order chi connectivity index (χ0) is 24.8. The van der Waals surface area contributed by atoms with E-state index in [4.69, 9.17) is 16.3 Å². The van der Waals surface area contributed by atoms with Crippen molar-refractivity contribution in [2.45, 2.75) is 64.2 Å². The minimum atomic E-state index is -0.387. The van der Waals surface area contributed by atoms with Gasteiger partial charge in [-0.3, -0.25) is 9.59 Å². The van der Waals surface area contributed by atoms with Crippen LogP contribution in [-0.4, -0.2) is 23.5 Å². The summed E-state index contributed by atoms with van der Waals surface area (Å²) in [6.07, 6.45) is 7.07. The number of ether oxygens (including phenoxy) is 1. The zero-order valence-corrected chi connectivity index (χ0v) is 21.2. The van der Waals surface area contributed by atoms with Crippen molar-refractivity contribution in [1.82, 2.24) is 5.32 Å². The number of hydrogen-bond acceptors (Lipinski definition) is 4. The molecular formula is C29H34ClNO4. The van der Waals surface area contributed by atoms with E-state index in [0.29, 0.717) is 24.8 Å². The molecular weight excluding hydrogens is 462 g/mol. The van der Waals surface area contributed by atoms with Gasteiger partial charge in [0.1, 0.15) is 0 Å². The molecule has 2 N–H and O–H groups in total. The van der Waals surface area contributed by atoms with Gasteiger partial charge in [0.2, 0.25) is 5.91 Å². The van der Waals surface area contributed by atoms with Gasteiger partial charge in [0.15, 0.2) is 11.5 Å². The van der Waals surface area contributed by atoms with E-state index in [2.05, 4.69) is 17.4 Å². The summed E-state index contributed by atoms with van der Waals surface area (Å²) in [5.74, 6) is 0.818. The van der Waals surface area contributed by atoms with Gasteiger partial charge >= 0.3 is 5.97 Å². The first-order valence-corrected chi connectivity index (χ1v) is 13.1. The normalized spacial score (nSPS) is 28.8. The van der Waals surface area contributed by atoms with Crippen molar-refractivity contribution in [3.05, 3.63) is 58.6 Å². The van der Waals surface area contributed by atoms with Crippen LogP contribution in [0.2, 0.25) is 5.02 Å². The van der Waals surface area contributed by atoms with Gasteiger partial charge in [-0.15, -0.1) is 0 Å². The second-order valence-electron chi connectivity index (χ2n) is 11.4. The monoisotopic (exact) mass is 495 g/mol. The zero-order valence-electron chi connectivity index (χ0n) is 20.5. The average Bonchev–Trinajstić information content (AvgIpc) is 2.80. The third-order valence-corrected chi connectivity index (χ3v) is 8.66. The quantitative estimate of drug-likeness (QED) is 0.375. The largest absolute Gasteiger partial charge is 0.504 e. The molecule has 0 radical (unpaired) electrons. The van der Waals surface area contributed by atoms with Gasteiger partial charge in [0, 0.05) is 11.6 Å². The lowest BCUT2D eigenvalue weighted by Crippen LogP contribution is -2.59.